The summed E-state index contributed by atoms with van der Waals surface area (Å²) >= 11 is 1.90. The van der Waals surface area contributed by atoms with Crippen LogP contribution in [0.2, 0.25) is 0 Å². The number of thioether (sulfide) groups is 1. The predicted octanol–water partition coefficient (Wildman–Crippen LogP) is 2.28. The summed E-state index contributed by atoms with van der Waals surface area (Å²) in [5.41, 5.74) is 1.27. The van der Waals surface area contributed by atoms with E-state index in [2.05, 4.69) is 24.4 Å². The van der Waals surface area contributed by atoms with Crippen molar-refractivity contribution in [3.63, 3.8) is 0 Å². The van der Waals surface area contributed by atoms with Crippen molar-refractivity contribution in [3.05, 3.63) is 35.9 Å². The minimum atomic E-state index is 0.205. The number of aliphatic hydroxyl groups excluding tert-OH is 1. The minimum absolute atomic E-state index is 0.205. The van der Waals surface area contributed by atoms with Gasteiger partial charge in [0.15, 0.2) is 0 Å². The highest BCUT2D eigenvalue weighted by atomic mass is 32.2. The molecule has 3 heteroatoms. The maximum absolute atomic E-state index is 9.23. The summed E-state index contributed by atoms with van der Waals surface area (Å²) < 4.78 is 0. The van der Waals surface area contributed by atoms with Crippen LogP contribution in [-0.2, 0) is 6.54 Å². The van der Waals surface area contributed by atoms with Gasteiger partial charge in [0.05, 0.1) is 6.61 Å². The van der Waals surface area contributed by atoms with Crippen LogP contribution in [-0.4, -0.2) is 29.3 Å². The number of nitrogens with one attached hydrogen (secondary N) is 1. The van der Waals surface area contributed by atoms with Crippen molar-refractivity contribution in [2.45, 2.75) is 25.9 Å². The standard InChI is InChI=1S/C13H21NOS/c1-2-8-16-11-13(10-15)14-9-12-6-4-3-5-7-12/h3-7,13-15H,2,8-11H2,1H3/t13-/m1/s1. The minimum Gasteiger partial charge on any atom is -0.395 e. The molecule has 0 aliphatic carbocycles. The van der Waals surface area contributed by atoms with E-state index in [9.17, 15) is 5.11 Å². The van der Waals surface area contributed by atoms with Crippen LogP contribution in [0.15, 0.2) is 30.3 Å². The second kappa shape index (κ2) is 8.62. The molecule has 0 fully saturated rings. The van der Waals surface area contributed by atoms with Crippen molar-refractivity contribution in [2.24, 2.45) is 0 Å². The van der Waals surface area contributed by atoms with Crippen molar-refractivity contribution < 1.29 is 5.11 Å². The number of aliphatic hydroxyl groups is 1. The first-order valence-corrected chi connectivity index (χ1v) is 6.98. The molecule has 16 heavy (non-hydrogen) atoms. The van der Waals surface area contributed by atoms with Crippen LogP contribution in [0.5, 0.6) is 0 Å². The molecule has 0 aliphatic rings. The summed E-state index contributed by atoms with van der Waals surface area (Å²) in [6, 6.07) is 10.5. The average molecular weight is 239 g/mol. The Balaban J connectivity index is 2.23. The maximum atomic E-state index is 9.23. The average Bonchev–Trinajstić information content (AvgIpc) is 2.35. The molecule has 1 aromatic rings. The molecule has 0 spiro atoms. The zero-order chi connectivity index (χ0) is 11.6. The number of hydrogen-bond donors (Lipinski definition) is 2. The lowest BCUT2D eigenvalue weighted by Crippen LogP contribution is -2.34. The van der Waals surface area contributed by atoms with E-state index in [1.54, 1.807) is 0 Å². The summed E-state index contributed by atoms with van der Waals surface area (Å²) in [4.78, 5) is 0. The van der Waals surface area contributed by atoms with Crippen LogP contribution in [0, 0.1) is 0 Å². The van der Waals surface area contributed by atoms with Crippen LogP contribution in [0.3, 0.4) is 0 Å². The Morgan fingerprint density at radius 3 is 2.69 bits per heavy atom. The van der Waals surface area contributed by atoms with Gasteiger partial charge in [-0.3, -0.25) is 0 Å². The smallest absolute Gasteiger partial charge is 0.0592 e. The molecule has 0 unspecified atom stereocenters. The Kier molecular flexibility index (Phi) is 7.30. The van der Waals surface area contributed by atoms with Gasteiger partial charge in [-0.05, 0) is 17.7 Å². The van der Waals surface area contributed by atoms with Crippen LogP contribution < -0.4 is 5.32 Å². The van der Waals surface area contributed by atoms with Crippen molar-refractivity contribution in [1.29, 1.82) is 0 Å². The van der Waals surface area contributed by atoms with Gasteiger partial charge in [0.1, 0.15) is 0 Å². The molecule has 90 valence electrons. The zero-order valence-corrected chi connectivity index (χ0v) is 10.7. The normalized spacial score (nSPS) is 12.6. The van der Waals surface area contributed by atoms with Gasteiger partial charge in [0.25, 0.3) is 0 Å². The summed E-state index contributed by atoms with van der Waals surface area (Å²) in [7, 11) is 0. The molecule has 1 rings (SSSR count). The second-order valence-corrected chi connectivity index (χ2v) is 4.97. The first kappa shape index (κ1) is 13.6. The van der Waals surface area contributed by atoms with Crippen molar-refractivity contribution in [1.82, 2.24) is 5.32 Å². The van der Waals surface area contributed by atoms with E-state index in [1.165, 1.54) is 17.7 Å². The molecule has 0 saturated carbocycles. The highest BCUT2D eigenvalue weighted by Crippen LogP contribution is 2.05. The van der Waals surface area contributed by atoms with Crippen LogP contribution in [0.25, 0.3) is 0 Å². The Labute approximate surface area is 102 Å². The van der Waals surface area contributed by atoms with E-state index >= 15 is 0 Å². The highest BCUT2D eigenvalue weighted by Gasteiger charge is 2.05. The van der Waals surface area contributed by atoms with Crippen LogP contribution >= 0.6 is 11.8 Å². The van der Waals surface area contributed by atoms with Crippen LogP contribution in [0.1, 0.15) is 18.9 Å². The van der Waals surface area contributed by atoms with E-state index in [1.807, 2.05) is 30.0 Å². The lowest BCUT2D eigenvalue weighted by molar-refractivity contribution is 0.253. The highest BCUT2D eigenvalue weighted by molar-refractivity contribution is 7.99. The summed E-state index contributed by atoms with van der Waals surface area (Å²) in [6.07, 6.45) is 1.20. The second-order valence-electron chi connectivity index (χ2n) is 3.82. The number of benzene rings is 1. The summed E-state index contributed by atoms with van der Waals surface area (Å²) in [6.45, 7) is 3.22. The Hall–Kier alpha value is -0.510. The van der Waals surface area contributed by atoms with Gasteiger partial charge in [-0.15, -0.1) is 0 Å². The first-order chi connectivity index (χ1) is 7.86. The molecule has 0 heterocycles. The third kappa shape index (κ3) is 5.54. The molecule has 0 bridgehead atoms. The van der Waals surface area contributed by atoms with Gasteiger partial charge in [0, 0.05) is 18.3 Å². The topological polar surface area (TPSA) is 32.3 Å². The fourth-order valence-electron chi connectivity index (χ4n) is 1.40. The summed E-state index contributed by atoms with van der Waals surface area (Å²) in [5.74, 6) is 2.15. The molecule has 0 saturated heterocycles. The molecule has 0 aliphatic heterocycles. The van der Waals surface area contributed by atoms with Crippen molar-refractivity contribution in [2.75, 3.05) is 18.1 Å². The monoisotopic (exact) mass is 239 g/mol. The molecule has 2 nitrogen and oxygen atoms in total. The van der Waals surface area contributed by atoms with Gasteiger partial charge in [-0.1, -0.05) is 37.3 Å². The van der Waals surface area contributed by atoms with Gasteiger partial charge < -0.3 is 10.4 Å². The van der Waals surface area contributed by atoms with E-state index < -0.39 is 0 Å². The van der Waals surface area contributed by atoms with Gasteiger partial charge in [-0.25, -0.2) is 0 Å². The fourth-order valence-corrected chi connectivity index (χ4v) is 2.37. The Bertz CT molecular complexity index is 266. The SMILES string of the molecule is CCCSC[C@@H](CO)NCc1ccccc1. The molecule has 1 aromatic carbocycles. The quantitative estimate of drug-likeness (QED) is 0.683. The van der Waals surface area contributed by atoms with E-state index in [-0.39, 0.29) is 12.6 Å². The third-order valence-electron chi connectivity index (χ3n) is 2.33. The first-order valence-electron chi connectivity index (χ1n) is 5.82. The fraction of sp³-hybridized carbons (Fsp3) is 0.538. The van der Waals surface area contributed by atoms with E-state index in [4.69, 9.17) is 0 Å². The molecule has 2 N–H and O–H groups in total. The largest absolute Gasteiger partial charge is 0.395 e. The molecule has 0 radical (unpaired) electrons. The molecular formula is C13H21NOS. The van der Waals surface area contributed by atoms with Gasteiger partial charge in [0.2, 0.25) is 0 Å². The number of hydrogen-bond acceptors (Lipinski definition) is 3. The van der Waals surface area contributed by atoms with Crippen molar-refractivity contribution >= 4 is 11.8 Å². The molecule has 1 atom stereocenters. The van der Waals surface area contributed by atoms with Gasteiger partial charge >= 0.3 is 0 Å². The molecule has 0 amide bonds. The van der Waals surface area contributed by atoms with Gasteiger partial charge in [-0.2, -0.15) is 11.8 Å². The Morgan fingerprint density at radius 1 is 1.31 bits per heavy atom. The lowest BCUT2D eigenvalue weighted by Gasteiger charge is -2.15. The van der Waals surface area contributed by atoms with E-state index in [0.29, 0.717) is 0 Å². The number of rotatable bonds is 8. The third-order valence-corrected chi connectivity index (χ3v) is 3.66. The Morgan fingerprint density at radius 2 is 2.06 bits per heavy atom. The maximum Gasteiger partial charge on any atom is 0.0592 e. The van der Waals surface area contributed by atoms with E-state index in [0.717, 1.165) is 12.3 Å². The predicted molar refractivity (Wildman–Crippen MR) is 71.8 cm³/mol. The van der Waals surface area contributed by atoms with Crippen LogP contribution in [0.4, 0.5) is 0 Å². The lowest BCUT2D eigenvalue weighted by atomic mass is 10.2. The molecule has 0 aromatic heterocycles. The van der Waals surface area contributed by atoms with Crippen molar-refractivity contribution in [3.8, 4) is 0 Å². The molecular weight excluding hydrogens is 218 g/mol. The zero-order valence-electron chi connectivity index (χ0n) is 9.86. The summed E-state index contributed by atoms with van der Waals surface area (Å²) in [5, 5.41) is 12.6.